The van der Waals surface area contributed by atoms with Crippen molar-refractivity contribution < 1.29 is 32.2 Å². The maximum Gasteiger partial charge on any atom is 0.573 e. The first kappa shape index (κ1) is 21.1. The quantitative estimate of drug-likeness (QED) is 0.747. The Hall–Kier alpha value is -3.23. The molecule has 0 fully saturated rings. The van der Waals surface area contributed by atoms with Crippen molar-refractivity contribution in [2.75, 3.05) is 12.4 Å². The molecule has 2 amide bonds. The van der Waals surface area contributed by atoms with Crippen LogP contribution in [-0.4, -0.2) is 25.3 Å². The van der Waals surface area contributed by atoms with Crippen molar-refractivity contribution in [2.24, 2.45) is 0 Å². The molecule has 0 heterocycles. The molecule has 0 aliphatic carbocycles. The fourth-order valence-electron chi connectivity index (χ4n) is 2.50. The molecule has 0 saturated carbocycles. The third-order valence-corrected chi connectivity index (χ3v) is 3.67. The SMILES string of the molecule is COc1ccc(C(CC(=O)Nc2ccccc2OC(F)(F)F)NC(C)=O)cc1. The Bertz CT molecular complexity index is 823. The van der Waals surface area contributed by atoms with Crippen LogP contribution >= 0.6 is 0 Å². The van der Waals surface area contributed by atoms with Crippen LogP contribution in [0.25, 0.3) is 0 Å². The first-order valence-corrected chi connectivity index (χ1v) is 8.23. The molecule has 2 aromatic rings. The zero-order chi connectivity index (χ0) is 20.7. The maximum atomic E-state index is 12.5. The van der Waals surface area contributed by atoms with E-state index in [-0.39, 0.29) is 18.0 Å². The summed E-state index contributed by atoms with van der Waals surface area (Å²) >= 11 is 0. The molecule has 0 saturated heterocycles. The van der Waals surface area contributed by atoms with Gasteiger partial charge in [0.05, 0.1) is 25.3 Å². The summed E-state index contributed by atoms with van der Waals surface area (Å²) in [7, 11) is 1.51. The normalized spacial score (nSPS) is 12.0. The second kappa shape index (κ2) is 9.12. The van der Waals surface area contributed by atoms with Gasteiger partial charge in [0.15, 0.2) is 5.75 Å². The number of halogens is 3. The number of amides is 2. The van der Waals surface area contributed by atoms with Crippen molar-refractivity contribution in [3.63, 3.8) is 0 Å². The number of carbonyl (C=O) groups excluding carboxylic acids is 2. The van der Waals surface area contributed by atoms with Crippen molar-refractivity contribution in [3.05, 3.63) is 54.1 Å². The molecular weight excluding hydrogens is 377 g/mol. The van der Waals surface area contributed by atoms with E-state index in [0.29, 0.717) is 11.3 Å². The van der Waals surface area contributed by atoms with Gasteiger partial charge in [0.2, 0.25) is 11.8 Å². The molecule has 150 valence electrons. The Morgan fingerprint density at radius 1 is 1.07 bits per heavy atom. The number of para-hydroxylation sites is 2. The Kier molecular flexibility index (Phi) is 6.86. The lowest BCUT2D eigenvalue weighted by Gasteiger charge is -2.19. The van der Waals surface area contributed by atoms with E-state index < -0.39 is 24.1 Å². The summed E-state index contributed by atoms with van der Waals surface area (Å²) < 4.78 is 46.5. The Labute approximate surface area is 159 Å². The van der Waals surface area contributed by atoms with Gasteiger partial charge in [-0.3, -0.25) is 9.59 Å². The molecule has 0 spiro atoms. The van der Waals surface area contributed by atoms with E-state index in [9.17, 15) is 22.8 Å². The van der Waals surface area contributed by atoms with Crippen LogP contribution < -0.4 is 20.1 Å². The van der Waals surface area contributed by atoms with E-state index in [2.05, 4.69) is 15.4 Å². The molecule has 0 aromatic heterocycles. The van der Waals surface area contributed by atoms with Gasteiger partial charge in [-0.2, -0.15) is 0 Å². The molecular formula is C19H19F3N2O4. The molecule has 0 radical (unpaired) electrons. The second-order valence-corrected chi connectivity index (χ2v) is 5.82. The van der Waals surface area contributed by atoms with E-state index in [0.717, 1.165) is 6.07 Å². The molecule has 28 heavy (non-hydrogen) atoms. The number of hydrogen-bond donors (Lipinski definition) is 2. The van der Waals surface area contributed by atoms with Crippen molar-refractivity contribution >= 4 is 17.5 Å². The van der Waals surface area contributed by atoms with Crippen LogP contribution in [0.2, 0.25) is 0 Å². The summed E-state index contributed by atoms with van der Waals surface area (Å²) in [5.74, 6) is -0.862. The van der Waals surface area contributed by atoms with Gasteiger partial charge in [-0.25, -0.2) is 0 Å². The highest BCUT2D eigenvalue weighted by Gasteiger charge is 2.32. The van der Waals surface area contributed by atoms with Crippen molar-refractivity contribution in [2.45, 2.75) is 25.7 Å². The number of alkyl halides is 3. The first-order chi connectivity index (χ1) is 13.2. The van der Waals surface area contributed by atoms with Gasteiger partial charge in [-0.1, -0.05) is 24.3 Å². The highest BCUT2D eigenvalue weighted by atomic mass is 19.4. The summed E-state index contributed by atoms with van der Waals surface area (Å²) in [5.41, 5.74) is 0.520. The topological polar surface area (TPSA) is 76.7 Å². The average molecular weight is 396 g/mol. The minimum Gasteiger partial charge on any atom is -0.497 e. The fourth-order valence-corrected chi connectivity index (χ4v) is 2.50. The van der Waals surface area contributed by atoms with Gasteiger partial charge >= 0.3 is 6.36 Å². The largest absolute Gasteiger partial charge is 0.573 e. The molecule has 6 nitrogen and oxygen atoms in total. The smallest absolute Gasteiger partial charge is 0.497 e. The summed E-state index contributed by atoms with van der Waals surface area (Å²) in [5, 5.41) is 5.04. The van der Waals surface area contributed by atoms with Crippen LogP contribution in [0.15, 0.2) is 48.5 Å². The Morgan fingerprint density at radius 2 is 1.71 bits per heavy atom. The molecule has 2 N–H and O–H groups in total. The fraction of sp³-hybridized carbons (Fsp3) is 0.263. The summed E-state index contributed by atoms with van der Waals surface area (Å²) in [6.45, 7) is 1.31. The summed E-state index contributed by atoms with van der Waals surface area (Å²) in [6.07, 6.45) is -5.07. The third kappa shape index (κ3) is 6.49. The van der Waals surface area contributed by atoms with Crippen LogP contribution in [0.1, 0.15) is 24.9 Å². The van der Waals surface area contributed by atoms with Crippen LogP contribution in [-0.2, 0) is 9.59 Å². The van der Waals surface area contributed by atoms with Gasteiger partial charge in [0, 0.05) is 6.92 Å². The minimum atomic E-state index is -4.89. The molecule has 0 aliphatic rings. The van der Waals surface area contributed by atoms with Crippen molar-refractivity contribution in [1.82, 2.24) is 5.32 Å². The lowest BCUT2D eigenvalue weighted by Crippen LogP contribution is -2.30. The molecule has 9 heteroatoms. The standard InChI is InChI=1S/C19H19F3N2O4/c1-12(25)23-16(13-7-9-14(27-2)10-8-13)11-18(26)24-15-5-3-4-6-17(15)28-19(20,21)22/h3-10,16H,11H2,1-2H3,(H,23,25)(H,24,26). The molecule has 0 aliphatic heterocycles. The van der Waals surface area contributed by atoms with E-state index in [1.54, 1.807) is 24.3 Å². The van der Waals surface area contributed by atoms with E-state index in [4.69, 9.17) is 4.74 Å². The number of hydrogen-bond acceptors (Lipinski definition) is 4. The molecule has 1 unspecified atom stereocenters. The summed E-state index contributed by atoms with van der Waals surface area (Å²) in [6, 6.07) is 11.3. The van der Waals surface area contributed by atoms with Gasteiger partial charge in [-0.15, -0.1) is 13.2 Å². The Balaban J connectivity index is 2.14. The minimum absolute atomic E-state index is 0.124. The van der Waals surface area contributed by atoms with Crippen molar-refractivity contribution in [1.29, 1.82) is 0 Å². The zero-order valence-electron chi connectivity index (χ0n) is 15.2. The zero-order valence-corrected chi connectivity index (χ0v) is 15.2. The molecule has 0 bridgehead atoms. The molecule has 2 aromatic carbocycles. The third-order valence-electron chi connectivity index (χ3n) is 3.67. The molecule has 1 atom stereocenters. The monoisotopic (exact) mass is 396 g/mol. The number of rotatable bonds is 7. The molecule has 2 rings (SSSR count). The van der Waals surface area contributed by atoms with Crippen LogP contribution in [0.3, 0.4) is 0 Å². The van der Waals surface area contributed by atoms with Gasteiger partial charge in [-0.05, 0) is 29.8 Å². The van der Waals surface area contributed by atoms with Gasteiger partial charge < -0.3 is 20.1 Å². The number of methoxy groups -OCH3 is 1. The highest BCUT2D eigenvalue weighted by Crippen LogP contribution is 2.30. The number of anilines is 1. The van der Waals surface area contributed by atoms with Crippen LogP contribution in [0.4, 0.5) is 18.9 Å². The number of ether oxygens (including phenoxy) is 2. The summed E-state index contributed by atoms with van der Waals surface area (Å²) in [4.78, 5) is 23.9. The van der Waals surface area contributed by atoms with Gasteiger partial charge in [0.25, 0.3) is 0 Å². The van der Waals surface area contributed by atoms with E-state index in [1.807, 2.05) is 0 Å². The van der Waals surface area contributed by atoms with Gasteiger partial charge in [0.1, 0.15) is 5.75 Å². The van der Waals surface area contributed by atoms with Crippen LogP contribution in [0, 0.1) is 0 Å². The van der Waals surface area contributed by atoms with E-state index >= 15 is 0 Å². The lowest BCUT2D eigenvalue weighted by atomic mass is 10.0. The second-order valence-electron chi connectivity index (χ2n) is 5.82. The number of benzene rings is 2. The Morgan fingerprint density at radius 3 is 2.29 bits per heavy atom. The predicted molar refractivity (Wildman–Crippen MR) is 95.9 cm³/mol. The van der Waals surface area contributed by atoms with Crippen molar-refractivity contribution in [3.8, 4) is 11.5 Å². The first-order valence-electron chi connectivity index (χ1n) is 8.23. The number of carbonyl (C=O) groups is 2. The maximum absolute atomic E-state index is 12.5. The van der Waals surface area contributed by atoms with Crippen LogP contribution in [0.5, 0.6) is 11.5 Å². The highest BCUT2D eigenvalue weighted by molar-refractivity contribution is 5.93. The number of nitrogens with one attached hydrogen (secondary N) is 2. The van der Waals surface area contributed by atoms with E-state index in [1.165, 1.54) is 32.2 Å². The lowest BCUT2D eigenvalue weighted by molar-refractivity contribution is -0.274. The predicted octanol–water partition coefficient (Wildman–Crippen LogP) is 3.80. The average Bonchev–Trinajstić information content (AvgIpc) is 2.61.